The van der Waals surface area contributed by atoms with E-state index in [0.717, 1.165) is 0 Å². The van der Waals surface area contributed by atoms with Crippen LogP contribution in [0.2, 0.25) is 0 Å². The molecule has 1 fully saturated rings. The molecule has 1 aromatic carbocycles. The second-order valence-electron chi connectivity index (χ2n) is 4.81. The Morgan fingerprint density at radius 1 is 1.43 bits per heavy atom. The summed E-state index contributed by atoms with van der Waals surface area (Å²) in [6, 6.07) is 4.60. The van der Waals surface area contributed by atoms with E-state index in [1.54, 1.807) is 25.2 Å². The molecule has 0 spiro atoms. The highest BCUT2D eigenvalue weighted by Crippen LogP contribution is 2.26. The zero-order valence-corrected chi connectivity index (χ0v) is 13.3. The maximum absolute atomic E-state index is 12.6. The molecule has 7 heteroatoms. The first-order valence-electron chi connectivity index (χ1n) is 6.37. The van der Waals surface area contributed by atoms with Crippen LogP contribution in [-0.2, 0) is 9.53 Å². The number of carboxylic acids is 1. The van der Waals surface area contributed by atoms with Crippen LogP contribution < -0.4 is 4.74 Å². The topological polar surface area (TPSA) is 76.1 Å². The number of amides is 1. The molecule has 6 nitrogen and oxygen atoms in total. The molecule has 1 heterocycles. The number of carboxylic acid groups (broad SMARTS) is 1. The van der Waals surface area contributed by atoms with Crippen molar-refractivity contribution in [1.82, 2.24) is 4.90 Å². The average molecular weight is 358 g/mol. The van der Waals surface area contributed by atoms with Crippen LogP contribution in [0.1, 0.15) is 10.4 Å². The van der Waals surface area contributed by atoms with Gasteiger partial charge in [-0.1, -0.05) is 0 Å². The second kappa shape index (κ2) is 6.44. The summed E-state index contributed by atoms with van der Waals surface area (Å²) < 4.78 is 10.9. The summed E-state index contributed by atoms with van der Waals surface area (Å²) in [7, 11) is 3.11. The number of halogens is 1. The van der Waals surface area contributed by atoms with Crippen molar-refractivity contribution < 1.29 is 24.2 Å². The van der Waals surface area contributed by atoms with Crippen molar-refractivity contribution in [1.29, 1.82) is 0 Å². The monoisotopic (exact) mass is 357 g/mol. The summed E-state index contributed by atoms with van der Waals surface area (Å²) in [5, 5.41) is 9.17. The van der Waals surface area contributed by atoms with Crippen molar-refractivity contribution in [3.8, 4) is 5.75 Å². The summed E-state index contributed by atoms with van der Waals surface area (Å²) in [6.45, 7) is 0.345. The molecule has 1 saturated heterocycles. The standard InChI is InChI=1S/C14H16BrNO5/c1-16(12-7-21-6-10(12)14(18)19)13(17)9-5-8(20-2)3-4-11(9)15/h3-5,10,12H,6-7H2,1-2H3,(H,18,19). The van der Waals surface area contributed by atoms with Crippen molar-refractivity contribution >= 4 is 27.8 Å². The van der Waals surface area contributed by atoms with Crippen molar-refractivity contribution in [2.24, 2.45) is 5.92 Å². The fourth-order valence-corrected chi connectivity index (χ4v) is 2.71. The van der Waals surface area contributed by atoms with Gasteiger partial charge in [-0.05, 0) is 34.1 Å². The molecule has 114 valence electrons. The van der Waals surface area contributed by atoms with E-state index < -0.39 is 17.9 Å². The van der Waals surface area contributed by atoms with Gasteiger partial charge >= 0.3 is 5.97 Å². The molecule has 1 aliphatic rings. The van der Waals surface area contributed by atoms with E-state index in [2.05, 4.69) is 15.9 Å². The van der Waals surface area contributed by atoms with Gasteiger partial charge in [-0.2, -0.15) is 0 Å². The molecule has 0 radical (unpaired) electrons. The number of methoxy groups -OCH3 is 1. The number of aliphatic carboxylic acids is 1. The fraction of sp³-hybridized carbons (Fsp3) is 0.429. The Bertz CT molecular complexity index is 562. The lowest BCUT2D eigenvalue weighted by molar-refractivity contribution is -0.142. The SMILES string of the molecule is COc1ccc(Br)c(C(=O)N(C)C2COCC2C(=O)O)c1. The molecule has 0 aromatic heterocycles. The average Bonchev–Trinajstić information content (AvgIpc) is 2.96. The molecule has 2 unspecified atom stereocenters. The Balaban J connectivity index is 2.25. The summed E-state index contributed by atoms with van der Waals surface area (Å²) >= 11 is 3.33. The van der Waals surface area contributed by atoms with E-state index in [4.69, 9.17) is 9.47 Å². The van der Waals surface area contributed by atoms with Crippen LogP contribution in [-0.4, -0.2) is 55.3 Å². The Kier molecular flexibility index (Phi) is 4.84. The maximum Gasteiger partial charge on any atom is 0.311 e. The van der Waals surface area contributed by atoms with Gasteiger partial charge in [0.15, 0.2) is 0 Å². The molecule has 0 bridgehead atoms. The normalized spacial score (nSPS) is 21.1. The number of benzene rings is 1. The van der Waals surface area contributed by atoms with Gasteiger partial charge in [0.25, 0.3) is 5.91 Å². The minimum absolute atomic E-state index is 0.122. The number of carbonyl (C=O) groups excluding carboxylic acids is 1. The molecule has 1 aliphatic heterocycles. The van der Waals surface area contributed by atoms with Crippen LogP contribution in [0.4, 0.5) is 0 Å². The first-order chi connectivity index (χ1) is 9.95. The molecule has 21 heavy (non-hydrogen) atoms. The first kappa shape index (κ1) is 15.8. The second-order valence-corrected chi connectivity index (χ2v) is 5.67. The van der Waals surface area contributed by atoms with Gasteiger partial charge in [-0.15, -0.1) is 0 Å². The maximum atomic E-state index is 12.6. The van der Waals surface area contributed by atoms with Gasteiger partial charge < -0.3 is 19.5 Å². The summed E-state index contributed by atoms with van der Waals surface area (Å²) in [5.41, 5.74) is 0.424. The Morgan fingerprint density at radius 3 is 2.76 bits per heavy atom. The Labute approximate surface area is 130 Å². The van der Waals surface area contributed by atoms with Crippen LogP contribution >= 0.6 is 15.9 Å². The number of rotatable bonds is 4. The van der Waals surface area contributed by atoms with Crippen LogP contribution in [0.25, 0.3) is 0 Å². The van der Waals surface area contributed by atoms with Gasteiger partial charge in [0.1, 0.15) is 11.7 Å². The number of hydrogen-bond acceptors (Lipinski definition) is 4. The molecule has 0 saturated carbocycles. The van der Waals surface area contributed by atoms with E-state index in [1.165, 1.54) is 12.0 Å². The highest BCUT2D eigenvalue weighted by Gasteiger charge is 2.39. The van der Waals surface area contributed by atoms with Crippen LogP contribution in [0, 0.1) is 5.92 Å². The van der Waals surface area contributed by atoms with Crippen molar-refractivity contribution in [3.63, 3.8) is 0 Å². The summed E-state index contributed by atoms with van der Waals surface area (Å²) in [5.74, 6) is -1.37. The van der Waals surface area contributed by atoms with E-state index in [1.807, 2.05) is 0 Å². The van der Waals surface area contributed by atoms with E-state index >= 15 is 0 Å². The highest BCUT2D eigenvalue weighted by atomic mass is 79.9. The lowest BCUT2D eigenvalue weighted by Crippen LogP contribution is -2.44. The summed E-state index contributed by atoms with van der Waals surface area (Å²) in [4.78, 5) is 25.2. The third-order valence-electron chi connectivity index (χ3n) is 3.59. The van der Waals surface area contributed by atoms with Crippen LogP contribution in [0.15, 0.2) is 22.7 Å². The zero-order valence-electron chi connectivity index (χ0n) is 11.7. The largest absolute Gasteiger partial charge is 0.497 e. The smallest absolute Gasteiger partial charge is 0.311 e. The van der Waals surface area contributed by atoms with Gasteiger partial charge in [-0.3, -0.25) is 9.59 Å². The van der Waals surface area contributed by atoms with Crippen LogP contribution in [0.5, 0.6) is 5.75 Å². The van der Waals surface area contributed by atoms with Crippen molar-refractivity contribution in [2.45, 2.75) is 6.04 Å². The van der Waals surface area contributed by atoms with E-state index in [9.17, 15) is 14.7 Å². The van der Waals surface area contributed by atoms with Gasteiger partial charge in [0.2, 0.25) is 0 Å². The number of ether oxygens (including phenoxy) is 2. The third kappa shape index (κ3) is 3.19. The Morgan fingerprint density at radius 2 is 2.14 bits per heavy atom. The molecular weight excluding hydrogens is 342 g/mol. The van der Waals surface area contributed by atoms with Gasteiger partial charge in [0, 0.05) is 11.5 Å². The lowest BCUT2D eigenvalue weighted by Gasteiger charge is -2.26. The predicted octanol–water partition coefficient (Wildman–Crippen LogP) is 1.63. The number of hydrogen-bond donors (Lipinski definition) is 1. The third-order valence-corrected chi connectivity index (χ3v) is 4.28. The number of nitrogens with zero attached hydrogens (tertiary/aromatic N) is 1. The number of carbonyl (C=O) groups is 2. The zero-order chi connectivity index (χ0) is 15.6. The fourth-order valence-electron chi connectivity index (χ4n) is 2.30. The quantitative estimate of drug-likeness (QED) is 0.886. The molecular formula is C14H16BrNO5. The molecule has 1 N–H and O–H groups in total. The van der Waals surface area contributed by atoms with Crippen LogP contribution in [0.3, 0.4) is 0 Å². The predicted molar refractivity (Wildman–Crippen MR) is 78.5 cm³/mol. The molecule has 1 amide bonds. The molecule has 0 aliphatic carbocycles. The molecule has 2 rings (SSSR count). The Hall–Kier alpha value is -1.60. The first-order valence-corrected chi connectivity index (χ1v) is 7.16. The number of likely N-dealkylation sites (N-methyl/N-ethyl adjacent to an activating group) is 1. The minimum Gasteiger partial charge on any atom is -0.497 e. The lowest BCUT2D eigenvalue weighted by atomic mass is 10.0. The molecule has 1 aromatic rings. The van der Waals surface area contributed by atoms with E-state index in [-0.39, 0.29) is 19.1 Å². The molecule has 2 atom stereocenters. The highest BCUT2D eigenvalue weighted by molar-refractivity contribution is 9.10. The summed E-state index contributed by atoms with van der Waals surface area (Å²) in [6.07, 6.45) is 0. The van der Waals surface area contributed by atoms with Crippen molar-refractivity contribution in [2.75, 3.05) is 27.4 Å². The van der Waals surface area contributed by atoms with Crippen molar-refractivity contribution in [3.05, 3.63) is 28.2 Å². The van der Waals surface area contributed by atoms with E-state index in [0.29, 0.717) is 15.8 Å². The minimum atomic E-state index is -0.957. The van der Waals surface area contributed by atoms with Gasteiger partial charge in [-0.25, -0.2) is 0 Å². The van der Waals surface area contributed by atoms with Gasteiger partial charge in [0.05, 0.1) is 31.9 Å².